The molecule has 5 nitrogen and oxygen atoms in total. The van der Waals surface area contributed by atoms with Gasteiger partial charge in [0.05, 0.1) is 16.8 Å². The van der Waals surface area contributed by atoms with Gasteiger partial charge in [-0.3, -0.25) is 14.6 Å². The summed E-state index contributed by atoms with van der Waals surface area (Å²) in [4.78, 5) is 26.9. The molecule has 2 rings (SSSR count). The van der Waals surface area contributed by atoms with Crippen LogP contribution in [0.4, 0.5) is 10.1 Å². The first kappa shape index (κ1) is 12.7. The van der Waals surface area contributed by atoms with E-state index >= 15 is 0 Å². The number of nitrogens with two attached hydrogens (primary N) is 1. The number of pyridine rings is 1. The molecule has 0 aliphatic rings. The number of amides is 2. The lowest BCUT2D eigenvalue weighted by Crippen LogP contribution is -2.18. The van der Waals surface area contributed by atoms with Crippen molar-refractivity contribution in [2.45, 2.75) is 0 Å². The summed E-state index contributed by atoms with van der Waals surface area (Å²) in [6.45, 7) is 0. The number of nitrogens with one attached hydrogen (secondary N) is 1. The third kappa shape index (κ3) is 2.92. The summed E-state index contributed by atoms with van der Waals surface area (Å²) in [7, 11) is 0. The van der Waals surface area contributed by atoms with Crippen LogP contribution >= 0.6 is 0 Å². The molecule has 0 saturated heterocycles. The predicted molar refractivity (Wildman–Crippen MR) is 67.1 cm³/mol. The number of hydrogen-bond acceptors (Lipinski definition) is 3. The van der Waals surface area contributed by atoms with Gasteiger partial charge >= 0.3 is 0 Å². The molecule has 0 unspecified atom stereocenters. The first-order valence-corrected chi connectivity index (χ1v) is 5.38. The predicted octanol–water partition coefficient (Wildman–Crippen LogP) is 1.57. The molecule has 3 N–H and O–H groups in total. The Morgan fingerprint density at radius 1 is 1.26 bits per heavy atom. The molecular weight excluding hydrogens is 249 g/mol. The summed E-state index contributed by atoms with van der Waals surface area (Å²) in [5.74, 6) is -1.88. The summed E-state index contributed by atoms with van der Waals surface area (Å²) in [5, 5.41) is 2.49. The van der Waals surface area contributed by atoms with Gasteiger partial charge in [0.2, 0.25) is 0 Å². The average molecular weight is 259 g/mol. The zero-order valence-electron chi connectivity index (χ0n) is 9.76. The van der Waals surface area contributed by atoms with Crippen molar-refractivity contribution in [3.63, 3.8) is 0 Å². The second kappa shape index (κ2) is 5.26. The minimum absolute atomic E-state index is 0.0859. The van der Waals surface area contributed by atoms with Crippen LogP contribution in [-0.4, -0.2) is 16.8 Å². The number of rotatable bonds is 3. The smallest absolute Gasteiger partial charge is 0.257 e. The quantitative estimate of drug-likeness (QED) is 0.877. The first-order chi connectivity index (χ1) is 9.08. The Labute approximate surface area is 108 Å². The molecule has 6 heteroatoms. The lowest BCUT2D eigenvalue weighted by atomic mass is 10.1. The fraction of sp³-hybridized carbons (Fsp3) is 0. The molecule has 2 amide bonds. The number of aromatic nitrogens is 1. The van der Waals surface area contributed by atoms with Gasteiger partial charge in [-0.2, -0.15) is 0 Å². The lowest BCUT2D eigenvalue weighted by molar-refractivity contribution is 0.100. The fourth-order valence-electron chi connectivity index (χ4n) is 1.52. The number of benzene rings is 1. The maximum Gasteiger partial charge on any atom is 0.257 e. The molecule has 0 aliphatic heterocycles. The number of primary amides is 1. The van der Waals surface area contributed by atoms with Crippen LogP contribution < -0.4 is 11.1 Å². The van der Waals surface area contributed by atoms with Gasteiger partial charge in [0.25, 0.3) is 11.8 Å². The highest BCUT2D eigenvalue weighted by molar-refractivity contribution is 6.08. The summed E-state index contributed by atoms with van der Waals surface area (Å²) in [5.41, 5.74) is 5.52. The minimum Gasteiger partial charge on any atom is -0.366 e. The zero-order valence-corrected chi connectivity index (χ0v) is 9.76. The largest absolute Gasteiger partial charge is 0.366 e. The maximum absolute atomic E-state index is 13.0. The molecule has 1 heterocycles. The Hall–Kier alpha value is -2.76. The third-order valence-electron chi connectivity index (χ3n) is 2.42. The van der Waals surface area contributed by atoms with Gasteiger partial charge in [-0.15, -0.1) is 0 Å². The van der Waals surface area contributed by atoms with Crippen LogP contribution in [0.2, 0.25) is 0 Å². The highest BCUT2D eigenvalue weighted by atomic mass is 19.1. The molecule has 2 aromatic rings. The normalized spacial score (nSPS) is 9.95. The van der Waals surface area contributed by atoms with Crippen molar-refractivity contribution in [3.8, 4) is 0 Å². The molecule has 1 aromatic heterocycles. The summed E-state index contributed by atoms with van der Waals surface area (Å²) >= 11 is 0. The molecule has 1 aromatic carbocycles. The maximum atomic E-state index is 13.0. The van der Waals surface area contributed by atoms with Crippen LogP contribution in [0.3, 0.4) is 0 Å². The van der Waals surface area contributed by atoms with Crippen molar-refractivity contribution < 1.29 is 14.0 Å². The standard InChI is InChI=1S/C13H10FN3O2/c14-9-3-4-11(10(6-9)12(15)18)17-13(19)8-2-1-5-16-7-8/h1-7H,(H2,15,18)(H,17,19). The number of carbonyl (C=O) groups excluding carboxylic acids is 2. The van der Waals surface area contributed by atoms with Crippen molar-refractivity contribution in [1.29, 1.82) is 0 Å². The molecule has 0 spiro atoms. The average Bonchev–Trinajstić information content (AvgIpc) is 2.41. The van der Waals surface area contributed by atoms with Crippen LogP contribution in [0.25, 0.3) is 0 Å². The Bertz CT molecular complexity index is 629. The van der Waals surface area contributed by atoms with E-state index in [4.69, 9.17) is 5.73 Å². The highest BCUT2D eigenvalue weighted by Gasteiger charge is 2.13. The number of anilines is 1. The van der Waals surface area contributed by atoms with Crippen molar-refractivity contribution in [2.24, 2.45) is 5.73 Å². The monoisotopic (exact) mass is 259 g/mol. The minimum atomic E-state index is -0.819. The number of carbonyl (C=O) groups is 2. The summed E-state index contributed by atoms with van der Waals surface area (Å²) in [6, 6.07) is 6.56. The van der Waals surface area contributed by atoms with E-state index in [0.717, 1.165) is 12.1 Å². The van der Waals surface area contributed by atoms with Gasteiger partial charge < -0.3 is 11.1 Å². The second-order valence-electron chi connectivity index (χ2n) is 3.75. The van der Waals surface area contributed by atoms with E-state index in [1.54, 1.807) is 12.1 Å². The number of nitrogens with zero attached hydrogens (tertiary/aromatic N) is 1. The molecule has 0 radical (unpaired) electrons. The van der Waals surface area contributed by atoms with Crippen molar-refractivity contribution in [1.82, 2.24) is 4.98 Å². The Balaban J connectivity index is 2.29. The molecule has 0 saturated carbocycles. The van der Waals surface area contributed by atoms with E-state index in [0.29, 0.717) is 5.56 Å². The van der Waals surface area contributed by atoms with Crippen LogP contribution in [0.1, 0.15) is 20.7 Å². The van der Waals surface area contributed by atoms with Gasteiger partial charge in [-0.25, -0.2) is 4.39 Å². The van der Waals surface area contributed by atoms with E-state index < -0.39 is 17.6 Å². The molecule has 0 fully saturated rings. The van der Waals surface area contributed by atoms with Crippen molar-refractivity contribution in [3.05, 3.63) is 59.7 Å². The van der Waals surface area contributed by atoms with Crippen LogP contribution in [0.15, 0.2) is 42.7 Å². The van der Waals surface area contributed by atoms with E-state index in [1.807, 2.05) is 0 Å². The molecule has 19 heavy (non-hydrogen) atoms. The second-order valence-corrected chi connectivity index (χ2v) is 3.75. The van der Waals surface area contributed by atoms with Crippen LogP contribution in [0.5, 0.6) is 0 Å². The van der Waals surface area contributed by atoms with Crippen LogP contribution in [0, 0.1) is 5.82 Å². The SMILES string of the molecule is NC(=O)c1cc(F)ccc1NC(=O)c1cccnc1. The van der Waals surface area contributed by atoms with E-state index in [2.05, 4.69) is 10.3 Å². The highest BCUT2D eigenvalue weighted by Crippen LogP contribution is 2.17. The van der Waals surface area contributed by atoms with E-state index in [1.165, 1.54) is 18.5 Å². The van der Waals surface area contributed by atoms with E-state index in [9.17, 15) is 14.0 Å². The Morgan fingerprint density at radius 2 is 2.05 bits per heavy atom. The molecule has 0 atom stereocenters. The lowest BCUT2D eigenvalue weighted by Gasteiger charge is -2.08. The number of halogens is 1. The fourth-order valence-corrected chi connectivity index (χ4v) is 1.52. The topological polar surface area (TPSA) is 85.1 Å². The first-order valence-electron chi connectivity index (χ1n) is 5.38. The molecule has 0 aliphatic carbocycles. The van der Waals surface area contributed by atoms with Gasteiger partial charge in [0.1, 0.15) is 5.82 Å². The van der Waals surface area contributed by atoms with Gasteiger partial charge in [0.15, 0.2) is 0 Å². The molecular formula is C13H10FN3O2. The zero-order chi connectivity index (χ0) is 13.8. The van der Waals surface area contributed by atoms with Gasteiger partial charge in [-0.1, -0.05) is 0 Å². The van der Waals surface area contributed by atoms with Crippen molar-refractivity contribution >= 4 is 17.5 Å². The van der Waals surface area contributed by atoms with E-state index in [-0.39, 0.29) is 11.3 Å². The summed E-state index contributed by atoms with van der Waals surface area (Å²) < 4.78 is 13.0. The molecule has 96 valence electrons. The Morgan fingerprint density at radius 3 is 2.68 bits per heavy atom. The Kier molecular flexibility index (Phi) is 3.51. The van der Waals surface area contributed by atoms with Gasteiger partial charge in [-0.05, 0) is 30.3 Å². The molecule has 0 bridgehead atoms. The van der Waals surface area contributed by atoms with Gasteiger partial charge in [0, 0.05) is 12.4 Å². The third-order valence-corrected chi connectivity index (χ3v) is 2.42. The summed E-state index contributed by atoms with van der Waals surface area (Å²) in [6.07, 6.45) is 2.91. The van der Waals surface area contributed by atoms with Crippen molar-refractivity contribution in [2.75, 3.05) is 5.32 Å². The van der Waals surface area contributed by atoms with Crippen LogP contribution in [-0.2, 0) is 0 Å². The number of hydrogen-bond donors (Lipinski definition) is 2.